The van der Waals surface area contributed by atoms with Crippen LogP contribution in [-0.2, 0) is 0 Å². The summed E-state index contributed by atoms with van der Waals surface area (Å²) in [7, 11) is 0. The van der Waals surface area contributed by atoms with E-state index in [9.17, 15) is 9.18 Å². The van der Waals surface area contributed by atoms with Crippen LogP contribution in [0.4, 0.5) is 10.2 Å². The van der Waals surface area contributed by atoms with Gasteiger partial charge in [-0.25, -0.2) is 14.2 Å². The molecule has 0 saturated heterocycles. The van der Waals surface area contributed by atoms with Crippen molar-refractivity contribution >= 4 is 11.8 Å². The van der Waals surface area contributed by atoms with Gasteiger partial charge in [0.2, 0.25) is 0 Å². The molecule has 2 rings (SSSR count). The molecule has 6 heteroatoms. The summed E-state index contributed by atoms with van der Waals surface area (Å²) >= 11 is 0. The number of aromatic nitrogens is 1. The number of carbonyl (C=O) groups is 1. The monoisotopic (exact) mass is 276 g/mol. The van der Waals surface area contributed by atoms with Gasteiger partial charge in [0.15, 0.2) is 11.6 Å². The van der Waals surface area contributed by atoms with Gasteiger partial charge in [-0.2, -0.15) is 0 Å². The largest absolute Gasteiger partial charge is 0.482 e. The van der Waals surface area contributed by atoms with Crippen LogP contribution < -0.4 is 10.5 Å². The third kappa shape index (κ3) is 2.85. The molecule has 3 N–H and O–H groups in total. The van der Waals surface area contributed by atoms with Gasteiger partial charge in [-0.15, -0.1) is 0 Å². The minimum atomic E-state index is -1.14. The second-order valence-electron chi connectivity index (χ2n) is 4.18. The summed E-state index contributed by atoms with van der Waals surface area (Å²) < 4.78 is 18.9. The lowest BCUT2D eigenvalue weighted by Crippen LogP contribution is -2.11. The quantitative estimate of drug-likeness (QED) is 0.896. The Hall–Kier alpha value is -2.63. The van der Waals surface area contributed by atoms with Crippen molar-refractivity contribution in [3.05, 3.63) is 53.5 Å². The summed E-state index contributed by atoms with van der Waals surface area (Å²) in [5, 5.41) is 9.11. The molecule has 0 bridgehead atoms. The lowest BCUT2D eigenvalue weighted by atomic mass is 10.0. The standard InChI is InChI=1S/C14H13FN2O3/c1-8(20-12-3-2-6-17-13(12)16)11-7-9(15)4-5-10(11)14(18)19/h2-8H,1H3,(H2,16,17)(H,18,19)/t8-/m1/s1. The Morgan fingerprint density at radius 2 is 2.20 bits per heavy atom. The average molecular weight is 276 g/mol. The smallest absolute Gasteiger partial charge is 0.336 e. The highest BCUT2D eigenvalue weighted by Crippen LogP contribution is 2.27. The minimum absolute atomic E-state index is 0.0126. The molecule has 0 aliphatic carbocycles. The van der Waals surface area contributed by atoms with E-state index in [0.29, 0.717) is 5.75 Å². The third-order valence-electron chi connectivity index (χ3n) is 2.79. The Morgan fingerprint density at radius 1 is 1.45 bits per heavy atom. The molecule has 0 fully saturated rings. The summed E-state index contributed by atoms with van der Waals surface area (Å²) in [5.74, 6) is -1.16. The molecule has 0 saturated carbocycles. The number of halogens is 1. The van der Waals surface area contributed by atoms with Crippen LogP contribution in [0.2, 0.25) is 0 Å². The first kappa shape index (κ1) is 13.8. The van der Waals surface area contributed by atoms with E-state index in [1.54, 1.807) is 19.1 Å². The fraction of sp³-hybridized carbons (Fsp3) is 0.143. The molecule has 104 valence electrons. The molecule has 0 aliphatic rings. The third-order valence-corrected chi connectivity index (χ3v) is 2.79. The Labute approximate surface area is 114 Å². The van der Waals surface area contributed by atoms with E-state index < -0.39 is 17.9 Å². The van der Waals surface area contributed by atoms with Crippen LogP contribution >= 0.6 is 0 Å². The van der Waals surface area contributed by atoms with Gasteiger partial charge in [-0.3, -0.25) is 0 Å². The van der Waals surface area contributed by atoms with Gasteiger partial charge in [0.1, 0.15) is 11.9 Å². The first-order valence-corrected chi connectivity index (χ1v) is 5.89. The zero-order valence-electron chi connectivity index (χ0n) is 10.7. The van der Waals surface area contributed by atoms with Crippen LogP contribution in [0, 0.1) is 5.82 Å². The molecule has 0 aliphatic heterocycles. The number of anilines is 1. The molecule has 0 amide bonds. The maximum atomic E-state index is 13.3. The number of carboxylic acids is 1. The highest BCUT2D eigenvalue weighted by atomic mass is 19.1. The summed E-state index contributed by atoms with van der Waals surface area (Å²) in [6.45, 7) is 1.62. The van der Waals surface area contributed by atoms with E-state index in [1.807, 2.05) is 0 Å². The molecule has 5 nitrogen and oxygen atoms in total. The molecule has 0 radical (unpaired) electrons. The number of benzene rings is 1. The lowest BCUT2D eigenvalue weighted by Gasteiger charge is -2.17. The highest BCUT2D eigenvalue weighted by Gasteiger charge is 2.18. The lowest BCUT2D eigenvalue weighted by molar-refractivity contribution is 0.0691. The van der Waals surface area contributed by atoms with E-state index in [0.717, 1.165) is 12.1 Å². The van der Waals surface area contributed by atoms with Crippen molar-refractivity contribution in [1.82, 2.24) is 4.98 Å². The number of nitrogen functional groups attached to an aromatic ring is 1. The number of ether oxygens (including phenoxy) is 1. The van der Waals surface area contributed by atoms with Gasteiger partial charge in [0.05, 0.1) is 5.56 Å². The zero-order chi connectivity index (χ0) is 14.7. The Kier molecular flexibility index (Phi) is 3.84. The number of nitrogens with two attached hydrogens (primary N) is 1. The summed E-state index contributed by atoms with van der Waals surface area (Å²) in [6.07, 6.45) is 0.834. The summed E-state index contributed by atoms with van der Waals surface area (Å²) in [5.41, 5.74) is 5.87. The van der Waals surface area contributed by atoms with Crippen LogP contribution in [-0.4, -0.2) is 16.1 Å². The molecule has 1 aromatic carbocycles. The highest BCUT2D eigenvalue weighted by molar-refractivity contribution is 5.89. The topological polar surface area (TPSA) is 85.4 Å². The Bertz CT molecular complexity index is 646. The van der Waals surface area contributed by atoms with Crippen molar-refractivity contribution in [3.63, 3.8) is 0 Å². The number of hydrogen-bond acceptors (Lipinski definition) is 4. The predicted octanol–water partition coefficient (Wildman–Crippen LogP) is 2.64. The van der Waals surface area contributed by atoms with Gasteiger partial charge in [0.25, 0.3) is 0 Å². The normalized spacial score (nSPS) is 11.9. The second kappa shape index (κ2) is 5.56. The summed E-state index contributed by atoms with van der Waals surface area (Å²) in [4.78, 5) is 15.0. The number of nitrogens with zero attached hydrogens (tertiary/aromatic N) is 1. The van der Waals surface area contributed by atoms with Gasteiger partial charge >= 0.3 is 5.97 Å². The van der Waals surface area contributed by atoms with E-state index in [4.69, 9.17) is 15.6 Å². The number of rotatable bonds is 4. The molecular formula is C14H13FN2O3. The van der Waals surface area contributed by atoms with Gasteiger partial charge in [0, 0.05) is 11.8 Å². The molecular weight excluding hydrogens is 263 g/mol. The van der Waals surface area contributed by atoms with E-state index in [1.165, 1.54) is 12.3 Å². The van der Waals surface area contributed by atoms with Gasteiger partial charge in [-0.05, 0) is 37.3 Å². The number of hydrogen-bond donors (Lipinski definition) is 2. The van der Waals surface area contributed by atoms with Gasteiger partial charge in [-0.1, -0.05) is 0 Å². The maximum absolute atomic E-state index is 13.3. The van der Waals surface area contributed by atoms with Crippen molar-refractivity contribution < 1.29 is 19.0 Å². The number of carboxylic acid groups (broad SMARTS) is 1. The van der Waals surface area contributed by atoms with Crippen molar-refractivity contribution in [2.24, 2.45) is 0 Å². The van der Waals surface area contributed by atoms with Crippen molar-refractivity contribution in [2.75, 3.05) is 5.73 Å². The van der Waals surface area contributed by atoms with E-state index >= 15 is 0 Å². The molecule has 0 unspecified atom stereocenters. The number of pyridine rings is 1. The second-order valence-corrected chi connectivity index (χ2v) is 4.18. The van der Waals surface area contributed by atoms with Crippen molar-refractivity contribution in [3.8, 4) is 5.75 Å². The molecule has 1 atom stereocenters. The van der Waals surface area contributed by atoms with Crippen molar-refractivity contribution in [2.45, 2.75) is 13.0 Å². The molecule has 0 spiro atoms. The van der Waals surface area contributed by atoms with Crippen molar-refractivity contribution in [1.29, 1.82) is 0 Å². The van der Waals surface area contributed by atoms with Gasteiger partial charge < -0.3 is 15.6 Å². The van der Waals surface area contributed by atoms with Crippen LogP contribution in [0.15, 0.2) is 36.5 Å². The number of aromatic carboxylic acids is 1. The molecule has 20 heavy (non-hydrogen) atoms. The van der Waals surface area contributed by atoms with E-state index in [2.05, 4.69) is 4.98 Å². The first-order chi connectivity index (χ1) is 9.49. The molecule has 1 heterocycles. The first-order valence-electron chi connectivity index (χ1n) is 5.89. The fourth-order valence-electron chi connectivity index (χ4n) is 1.82. The molecule has 2 aromatic rings. The zero-order valence-corrected chi connectivity index (χ0v) is 10.7. The molecule has 1 aromatic heterocycles. The van der Waals surface area contributed by atoms with Crippen LogP contribution in [0.3, 0.4) is 0 Å². The average Bonchev–Trinajstić information content (AvgIpc) is 2.40. The Balaban J connectivity index is 2.34. The predicted molar refractivity (Wildman–Crippen MR) is 71.1 cm³/mol. The minimum Gasteiger partial charge on any atom is -0.482 e. The van der Waals surface area contributed by atoms with Crippen LogP contribution in [0.1, 0.15) is 28.9 Å². The SMILES string of the molecule is C[C@@H](Oc1cccnc1N)c1cc(F)ccc1C(=O)O. The van der Waals surface area contributed by atoms with Crippen LogP contribution in [0.25, 0.3) is 0 Å². The van der Waals surface area contributed by atoms with E-state index in [-0.39, 0.29) is 16.9 Å². The summed E-state index contributed by atoms with van der Waals surface area (Å²) in [6, 6.07) is 6.69. The maximum Gasteiger partial charge on any atom is 0.336 e. The van der Waals surface area contributed by atoms with Crippen LogP contribution in [0.5, 0.6) is 5.75 Å². The Morgan fingerprint density at radius 3 is 2.85 bits per heavy atom. The fourth-order valence-corrected chi connectivity index (χ4v) is 1.82.